The topological polar surface area (TPSA) is 59.1 Å². The molecular weight excluding hydrogens is 326 g/mol. The fourth-order valence-corrected chi connectivity index (χ4v) is 3.90. The summed E-state index contributed by atoms with van der Waals surface area (Å²) in [5, 5.41) is 9.19. The van der Waals surface area contributed by atoms with Crippen molar-refractivity contribution in [3.05, 3.63) is 47.2 Å². The summed E-state index contributed by atoms with van der Waals surface area (Å²) >= 11 is 0. The maximum Gasteiger partial charge on any atom is 0.157 e. The molecule has 4 heterocycles. The highest BCUT2D eigenvalue weighted by atomic mass is 16.3. The van der Waals surface area contributed by atoms with Gasteiger partial charge in [0.25, 0.3) is 0 Å². The van der Waals surface area contributed by atoms with E-state index in [-0.39, 0.29) is 0 Å². The summed E-state index contributed by atoms with van der Waals surface area (Å²) in [5.74, 6) is 2.04. The third kappa shape index (κ3) is 3.39. The van der Waals surface area contributed by atoms with Crippen molar-refractivity contribution in [1.82, 2.24) is 25.0 Å². The van der Waals surface area contributed by atoms with Crippen LogP contribution in [0.25, 0.3) is 11.0 Å². The number of aryl methyl sites for hydroxylation is 3. The standard InChI is InChI=1S/C20H27N5O/c1-14-6-7-19(26-14)18(25-8-4-5-9-25)13-21-11-16-10-17-15(2)23-24(3)20(17)22-12-16/h6-7,10,12,18,21H,4-5,8-9,11,13H2,1-3H3. The summed E-state index contributed by atoms with van der Waals surface area (Å²) in [5.41, 5.74) is 3.15. The van der Waals surface area contributed by atoms with Crippen molar-refractivity contribution in [2.45, 2.75) is 39.3 Å². The number of pyridine rings is 1. The molecule has 0 saturated carbocycles. The second-order valence-corrected chi connectivity index (χ2v) is 7.26. The zero-order valence-electron chi connectivity index (χ0n) is 15.8. The number of likely N-dealkylation sites (tertiary alicyclic amines) is 1. The van der Waals surface area contributed by atoms with Crippen LogP contribution in [-0.4, -0.2) is 39.3 Å². The molecule has 1 N–H and O–H groups in total. The van der Waals surface area contributed by atoms with E-state index in [1.165, 1.54) is 18.4 Å². The molecule has 1 saturated heterocycles. The molecule has 3 aromatic heterocycles. The van der Waals surface area contributed by atoms with E-state index >= 15 is 0 Å². The number of nitrogens with one attached hydrogen (secondary N) is 1. The highest BCUT2D eigenvalue weighted by Gasteiger charge is 2.25. The smallest absolute Gasteiger partial charge is 0.157 e. The first-order chi connectivity index (χ1) is 12.6. The van der Waals surface area contributed by atoms with Gasteiger partial charge in [0.1, 0.15) is 11.5 Å². The SMILES string of the molecule is Cc1ccc(C(CNCc2cnc3c(c2)c(C)nn3C)N2CCCC2)o1. The van der Waals surface area contributed by atoms with Gasteiger partial charge in [0.05, 0.1) is 11.7 Å². The van der Waals surface area contributed by atoms with Gasteiger partial charge in [-0.2, -0.15) is 5.10 Å². The Labute approximate surface area is 154 Å². The molecule has 3 aromatic rings. The first-order valence-corrected chi connectivity index (χ1v) is 9.41. The first kappa shape index (κ1) is 17.2. The third-order valence-electron chi connectivity index (χ3n) is 5.26. The Balaban J connectivity index is 1.45. The van der Waals surface area contributed by atoms with E-state index in [0.717, 1.165) is 54.4 Å². The lowest BCUT2D eigenvalue weighted by Crippen LogP contribution is -2.33. The number of furan rings is 1. The van der Waals surface area contributed by atoms with Crippen molar-refractivity contribution in [1.29, 1.82) is 0 Å². The van der Waals surface area contributed by atoms with Crippen molar-refractivity contribution in [3.63, 3.8) is 0 Å². The van der Waals surface area contributed by atoms with Crippen molar-refractivity contribution in [3.8, 4) is 0 Å². The quantitative estimate of drug-likeness (QED) is 0.738. The number of rotatable bonds is 6. The predicted octanol–water partition coefficient (Wildman–Crippen LogP) is 3.10. The van der Waals surface area contributed by atoms with Crippen LogP contribution in [-0.2, 0) is 13.6 Å². The van der Waals surface area contributed by atoms with Crippen molar-refractivity contribution < 1.29 is 4.42 Å². The Morgan fingerprint density at radius 1 is 1.23 bits per heavy atom. The Morgan fingerprint density at radius 3 is 2.77 bits per heavy atom. The summed E-state index contributed by atoms with van der Waals surface area (Å²) in [6.45, 7) is 8.00. The van der Waals surface area contributed by atoms with Crippen molar-refractivity contribution in [2.24, 2.45) is 7.05 Å². The normalized spacial score (nSPS) is 16.6. The van der Waals surface area contributed by atoms with Gasteiger partial charge in [0.2, 0.25) is 0 Å². The lowest BCUT2D eigenvalue weighted by Gasteiger charge is -2.26. The molecule has 6 nitrogen and oxygen atoms in total. The molecule has 0 aromatic carbocycles. The van der Waals surface area contributed by atoms with Gasteiger partial charge in [-0.3, -0.25) is 9.58 Å². The van der Waals surface area contributed by atoms with Crippen LogP contribution in [0, 0.1) is 13.8 Å². The Hall–Kier alpha value is -2.18. The maximum atomic E-state index is 5.93. The highest BCUT2D eigenvalue weighted by Crippen LogP contribution is 2.26. The van der Waals surface area contributed by atoms with Gasteiger partial charge >= 0.3 is 0 Å². The average molecular weight is 353 g/mol. The largest absolute Gasteiger partial charge is 0.465 e. The zero-order chi connectivity index (χ0) is 18.1. The van der Waals surface area contributed by atoms with E-state index < -0.39 is 0 Å². The fraction of sp³-hybridized carbons (Fsp3) is 0.500. The van der Waals surface area contributed by atoms with Gasteiger partial charge in [0, 0.05) is 31.7 Å². The van der Waals surface area contributed by atoms with Crippen molar-refractivity contribution >= 4 is 11.0 Å². The van der Waals surface area contributed by atoms with E-state index in [1.54, 1.807) is 0 Å². The molecular formula is C20H27N5O. The van der Waals surface area contributed by atoms with Gasteiger partial charge in [-0.1, -0.05) is 0 Å². The predicted molar refractivity (Wildman–Crippen MR) is 102 cm³/mol. The van der Waals surface area contributed by atoms with Crippen LogP contribution in [0.4, 0.5) is 0 Å². The van der Waals surface area contributed by atoms with E-state index in [0.29, 0.717) is 6.04 Å². The monoisotopic (exact) mass is 353 g/mol. The van der Waals surface area contributed by atoms with Gasteiger partial charge in [0.15, 0.2) is 5.65 Å². The molecule has 26 heavy (non-hydrogen) atoms. The van der Waals surface area contributed by atoms with E-state index in [1.807, 2.05) is 31.8 Å². The number of fused-ring (bicyclic) bond motifs is 1. The lowest BCUT2D eigenvalue weighted by atomic mass is 10.1. The number of hydrogen-bond acceptors (Lipinski definition) is 5. The minimum Gasteiger partial charge on any atom is -0.465 e. The molecule has 0 bridgehead atoms. The summed E-state index contributed by atoms with van der Waals surface area (Å²) in [4.78, 5) is 7.10. The lowest BCUT2D eigenvalue weighted by molar-refractivity contribution is 0.207. The first-order valence-electron chi connectivity index (χ1n) is 9.41. The molecule has 138 valence electrons. The summed E-state index contributed by atoms with van der Waals surface area (Å²) in [7, 11) is 1.94. The summed E-state index contributed by atoms with van der Waals surface area (Å²) < 4.78 is 7.77. The molecule has 6 heteroatoms. The average Bonchev–Trinajstić information content (AvgIpc) is 3.35. The van der Waals surface area contributed by atoms with Gasteiger partial charge in [-0.05, 0) is 63.5 Å². The number of nitrogens with zero attached hydrogens (tertiary/aromatic N) is 4. The second-order valence-electron chi connectivity index (χ2n) is 7.26. The minimum atomic E-state index is 0.294. The molecule has 0 radical (unpaired) electrons. The van der Waals surface area contributed by atoms with Gasteiger partial charge < -0.3 is 9.73 Å². The van der Waals surface area contributed by atoms with Crippen LogP contribution in [0.5, 0.6) is 0 Å². The van der Waals surface area contributed by atoms with Crippen molar-refractivity contribution in [2.75, 3.05) is 19.6 Å². The molecule has 1 fully saturated rings. The number of hydrogen-bond donors (Lipinski definition) is 1. The molecule has 1 unspecified atom stereocenters. The Morgan fingerprint density at radius 2 is 2.04 bits per heavy atom. The van der Waals surface area contributed by atoms with Crippen LogP contribution >= 0.6 is 0 Å². The highest BCUT2D eigenvalue weighted by molar-refractivity contribution is 5.78. The molecule has 0 spiro atoms. The van der Waals surface area contributed by atoms with E-state index in [9.17, 15) is 0 Å². The van der Waals surface area contributed by atoms with E-state index in [4.69, 9.17) is 4.42 Å². The van der Waals surface area contributed by atoms with Gasteiger partial charge in [-0.25, -0.2) is 4.98 Å². The zero-order valence-corrected chi connectivity index (χ0v) is 15.8. The molecule has 1 aliphatic heterocycles. The van der Waals surface area contributed by atoms with Crippen LogP contribution in [0.1, 0.15) is 41.7 Å². The molecule has 4 rings (SSSR count). The summed E-state index contributed by atoms with van der Waals surface area (Å²) in [6, 6.07) is 6.66. The van der Waals surface area contributed by atoms with E-state index in [2.05, 4.69) is 38.5 Å². The van der Waals surface area contributed by atoms with Gasteiger partial charge in [-0.15, -0.1) is 0 Å². The Kier molecular flexibility index (Phi) is 4.78. The third-order valence-corrected chi connectivity index (χ3v) is 5.26. The minimum absolute atomic E-state index is 0.294. The summed E-state index contributed by atoms with van der Waals surface area (Å²) in [6.07, 6.45) is 4.49. The second kappa shape index (κ2) is 7.21. The molecule has 1 atom stereocenters. The Bertz CT molecular complexity index is 891. The molecule has 0 aliphatic carbocycles. The van der Waals surface area contributed by atoms with Crippen LogP contribution in [0.2, 0.25) is 0 Å². The fourth-order valence-electron chi connectivity index (χ4n) is 3.90. The molecule has 1 aliphatic rings. The molecule has 0 amide bonds. The van der Waals surface area contributed by atoms with Crippen LogP contribution < -0.4 is 5.32 Å². The number of aromatic nitrogens is 3. The maximum absolute atomic E-state index is 5.93. The van der Waals surface area contributed by atoms with Crippen LogP contribution in [0.15, 0.2) is 28.8 Å². The van der Waals surface area contributed by atoms with Crippen LogP contribution in [0.3, 0.4) is 0 Å².